The number of benzene rings is 1. The number of hydrogen-bond acceptors (Lipinski definition) is 4. The van der Waals surface area contributed by atoms with E-state index in [1.54, 1.807) is 25.6 Å². The Hall–Kier alpha value is -1.53. The zero-order valence-electron chi connectivity index (χ0n) is 10.4. The van der Waals surface area contributed by atoms with Crippen molar-refractivity contribution in [1.29, 1.82) is 0 Å². The number of thiophene rings is 1. The molecule has 0 unspecified atom stereocenters. The monoisotopic (exact) mass is 338 g/mol. The quantitative estimate of drug-likeness (QED) is 0.782. The van der Waals surface area contributed by atoms with Gasteiger partial charge in [0.1, 0.15) is 5.82 Å². The molecule has 0 atom stereocenters. The lowest BCUT2D eigenvalue weighted by atomic mass is 10.3. The van der Waals surface area contributed by atoms with Crippen molar-refractivity contribution < 1.29 is 9.47 Å². The number of aromatic nitrogens is 2. The maximum atomic E-state index is 5.29. The van der Waals surface area contributed by atoms with Crippen molar-refractivity contribution in [2.75, 3.05) is 14.2 Å². The molecule has 0 saturated heterocycles. The Balaban J connectivity index is 2.15. The molecule has 0 amide bonds. The SMILES string of the molecule is COc1cc2nc(-c3csc(Br)c3)[nH]c2cc1OC. The van der Waals surface area contributed by atoms with Crippen LogP contribution < -0.4 is 9.47 Å². The topological polar surface area (TPSA) is 47.1 Å². The third kappa shape index (κ3) is 2.21. The van der Waals surface area contributed by atoms with Gasteiger partial charge in [0.2, 0.25) is 0 Å². The van der Waals surface area contributed by atoms with Crippen molar-refractivity contribution in [1.82, 2.24) is 9.97 Å². The van der Waals surface area contributed by atoms with Gasteiger partial charge in [-0.25, -0.2) is 4.98 Å². The van der Waals surface area contributed by atoms with E-state index in [1.165, 1.54) is 0 Å². The van der Waals surface area contributed by atoms with E-state index in [4.69, 9.17) is 9.47 Å². The van der Waals surface area contributed by atoms with E-state index in [9.17, 15) is 0 Å². The lowest BCUT2D eigenvalue weighted by molar-refractivity contribution is 0.356. The fraction of sp³-hybridized carbons (Fsp3) is 0.154. The molecule has 0 saturated carbocycles. The molecular formula is C13H11BrN2O2S. The second kappa shape index (κ2) is 4.86. The Morgan fingerprint density at radius 2 is 1.89 bits per heavy atom. The van der Waals surface area contributed by atoms with Gasteiger partial charge in [0.15, 0.2) is 11.5 Å². The number of H-pyrrole nitrogens is 1. The molecule has 98 valence electrons. The summed E-state index contributed by atoms with van der Waals surface area (Å²) in [5, 5.41) is 2.05. The predicted octanol–water partition coefficient (Wildman–Crippen LogP) is 4.07. The number of fused-ring (bicyclic) bond motifs is 1. The number of rotatable bonds is 3. The van der Waals surface area contributed by atoms with Gasteiger partial charge in [-0.15, -0.1) is 11.3 Å². The number of ether oxygens (including phenoxy) is 2. The van der Waals surface area contributed by atoms with E-state index in [2.05, 4.69) is 31.3 Å². The molecule has 0 aliphatic heterocycles. The highest BCUT2D eigenvalue weighted by Gasteiger charge is 2.11. The van der Waals surface area contributed by atoms with Gasteiger partial charge in [0, 0.05) is 23.1 Å². The molecule has 4 nitrogen and oxygen atoms in total. The Morgan fingerprint density at radius 3 is 2.53 bits per heavy atom. The van der Waals surface area contributed by atoms with Crippen LogP contribution in [0, 0.1) is 0 Å². The highest BCUT2D eigenvalue weighted by Crippen LogP contribution is 2.33. The minimum Gasteiger partial charge on any atom is -0.493 e. The first-order valence-corrected chi connectivity index (χ1v) is 7.24. The average molecular weight is 339 g/mol. The van der Waals surface area contributed by atoms with E-state index >= 15 is 0 Å². The molecule has 0 aliphatic rings. The van der Waals surface area contributed by atoms with E-state index in [0.29, 0.717) is 11.5 Å². The van der Waals surface area contributed by atoms with Gasteiger partial charge in [-0.2, -0.15) is 0 Å². The summed E-state index contributed by atoms with van der Waals surface area (Å²) >= 11 is 5.09. The molecule has 3 rings (SSSR count). The summed E-state index contributed by atoms with van der Waals surface area (Å²) in [7, 11) is 3.24. The number of hydrogen-bond donors (Lipinski definition) is 1. The summed E-state index contributed by atoms with van der Waals surface area (Å²) in [5.74, 6) is 2.21. The van der Waals surface area contributed by atoms with Crippen molar-refractivity contribution in [2.24, 2.45) is 0 Å². The maximum Gasteiger partial charge on any atom is 0.163 e. The third-order valence-corrected chi connectivity index (χ3v) is 4.33. The van der Waals surface area contributed by atoms with Crippen LogP contribution in [0.2, 0.25) is 0 Å². The summed E-state index contributed by atoms with van der Waals surface area (Å²) < 4.78 is 11.6. The number of aromatic amines is 1. The molecule has 3 aromatic rings. The molecule has 6 heteroatoms. The molecule has 0 spiro atoms. The second-order valence-corrected chi connectivity index (χ2v) is 6.24. The lowest BCUT2D eigenvalue weighted by Gasteiger charge is -2.06. The predicted molar refractivity (Wildman–Crippen MR) is 80.2 cm³/mol. The van der Waals surface area contributed by atoms with Crippen LogP contribution >= 0.6 is 27.3 Å². The van der Waals surface area contributed by atoms with Gasteiger partial charge in [-0.3, -0.25) is 0 Å². The first-order valence-electron chi connectivity index (χ1n) is 5.57. The molecule has 1 N–H and O–H groups in total. The normalized spacial score (nSPS) is 10.9. The first kappa shape index (κ1) is 12.5. The van der Waals surface area contributed by atoms with E-state index in [-0.39, 0.29) is 0 Å². The van der Waals surface area contributed by atoms with Crippen molar-refractivity contribution >= 4 is 38.3 Å². The molecule has 2 heterocycles. The molecule has 0 fully saturated rings. The van der Waals surface area contributed by atoms with Gasteiger partial charge >= 0.3 is 0 Å². The van der Waals surface area contributed by atoms with E-state index < -0.39 is 0 Å². The fourth-order valence-corrected chi connectivity index (χ4v) is 3.05. The van der Waals surface area contributed by atoms with Crippen LogP contribution in [-0.4, -0.2) is 24.2 Å². The maximum absolute atomic E-state index is 5.29. The Morgan fingerprint density at radius 1 is 1.16 bits per heavy atom. The number of methoxy groups -OCH3 is 2. The van der Waals surface area contributed by atoms with Gasteiger partial charge in [-0.05, 0) is 22.0 Å². The molecular weight excluding hydrogens is 328 g/mol. The van der Waals surface area contributed by atoms with Crippen molar-refractivity contribution in [3.05, 3.63) is 27.4 Å². The highest BCUT2D eigenvalue weighted by atomic mass is 79.9. The van der Waals surface area contributed by atoms with Gasteiger partial charge in [-0.1, -0.05) is 0 Å². The zero-order valence-corrected chi connectivity index (χ0v) is 12.8. The van der Waals surface area contributed by atoms with Gasteiger partial charge < -0.3 is 14.5 Å². The van der Waals surface area contributed by atoms with Crippen LogP contribution in [0.1, 0.15) is 0 Å². The van der Waals surface area contributed by atoms with Crippen LogP contribution in [0.4, 0.5) is 0 Å². The summed E-state index contributed by atoms with van der Waals surface area (Å²) in [4.78, 5) is 7.87. The Labute approximate surface area is 122 Å². The molecule has 19 heavy (non-hydrogen) atoms. The van der Waals surface area contributed by atoms with Crippen LogP contribution in [0.25, 0.3) is 22.4 Å². The zero-order chi connectivity index (χ0) is 13.4. The number of nitrogens with zero attached hydrogens (tertiary/aromatic N) is 1. The van der Waals surface area contributed by atoms with Crippen LogP contribution in [-0.2, 0) is 0 Å². The molecule has 0 aliphatic carbocycles. The largest absolute Gasteiger partial charge is 0.493 e. The molecule has 2 aromatic heterocycles. The third-order valence-electron chi connectivity index (χ3n) is 2.83. The van der Waals surface area contributed by atoms with E-state index in [1.807, 2.05) is 18.2 Å². The van der Waals surface area contributed by atoms with Gasteiger partial charge in [0.05, 0.1) is 29.0 Å². The highest BCUT2D eigenvalue weighted by molar-refractivity contribution is 9.11. The Kier molecular flexibility index (Phi) is 3.20. The summed E-state index contributed by atoms with van der Waals surface area (Å²) in [6.45, 7) is 0. The van der Waals surface area contributed by atoms with Crippen LogP contribution in [0.15, 0.2) is 27.4 Å². The van der Waals surface area contributed by atoms with E-state index in [0.717, 1.165) is 26.2 Å². The molecule has 1 aromatic carbocycles. The smallest absolute Gasteiger partial charge is 0.163 e. The Bertz CT molecular complexity index is 694. The van der Waals surface area contributed by atoms with Gasteiger partial charge in [0.25, 0.3) is 0 Å². The minimum atomic E-state index is 0.680. The van der Waals surface area contributed by atoms with Crippen LogP contribution in [0.3, 0.4) is 0 Å². The standard InChI is InChI=1S/C13H11BrN2O2S/c1-17-10-4-8-9(5-11(10)18-2)16-13(15-8)7-3-12(14)19-6-7/h3-6H,1-2H3,(H,15,16). The number of imidazole rings is 1. The summed E-state index contributed by atoms with van der Waals surface area (Å²) in [6.07, 6.45) is 0. The number of nitrogens with one attached hydrogen (secondary N) is 1. The molecule has 0 radical (unpaired) electrons. The molecule has 0 bridgehead atoms. The summed E-state index contributed by atoms with van der Waals surface area (Å²) in [5.41, 5.74) is 2.84. The number of halogens is 1. The first-order chi connectivity index (χ1) is 9.21. The van der Waals surface area contributed by atoms with Crippen molar-refractivity contribution in [3.63, 3.8) is 0 Å². The van der Waals surface area contributed by atoms with Crippen molar-refractivity contribution in [2.45, 2.75) is 0 Å². The average Bonchev–Trinajstić information content (AvgIpc) is 3.02. The lowest BCUT2D eigenvalue weighted by Crippen LogP contribution is -1.89. The fourth-order valence-electron chi connectivity index (χ4n) is 1.91. The second-order valence-electron chi connectivity index (χ2n) is 3.95. The van der Waals surface area contributed by atoms with Crippen molar-refractivity contribution in [3.8, 4) is 22.9 Å². The summed E-state index contributed by atoms with van der Waals surface area (Å²) in [6, 6.07) is 5.80. The van der Waals surface area contributed by atoms with Crippen LogP contribution in [0.5, 0.6) is 11.5 Å². The minimum absolute atomic E-state index is 0.680.